The quantitative estimate of drug-likeness (QED) is 0.442. The highest BCUT2D eigenvalue weighted by Gasteiger charge is 2.35. The number of halogens is 5. The zero-order valence-electron chi connectivity index (χ0n) is 8.00. The SMILES string of the molecule is O=C(Oc1ccccc1Cl)OC(Cl)C(Cl)(Cl)Cl. The largest absolute Gasteiger partial charge is 0.515 e. The van der Waals surface area contributed by atoms with E-state index in [-0.39, 0.29) is 10.8 Å². The number of ether oxygens (including phenoxy) is 2. The molecule has 0 aromatic heterocycles. The second kappa shape index (κ2) is 6.21. The topological polar surface area (TPSA) is 35.5 Å². The first kappa shape index (κ1) is 15.0. The number of rotatable bonds is 2. The highest BCUT2D eigenvalue weighted by atomic mass is 35.6. The Morgan fingerprint density at radius 1 is 1.24 bits per heavy atom. The summed E-state index contributed by atoms with van der Waals surface area (Å²) in [6.07, 6.45) is -1.12. The highest BCUT2D eigenvalue weighted by Crippen LogP contribution is 2.34. The van der Waals surface area contributed by atoms with E-state index in [2.05, 4.69) is 4.74 Å². The number of hydrogen-bond acceptors (Lipinski definition) is 3. The van der Waals surface area contributed by atoms with E-state index < -0.39 is 15.5 Å². The van der Waals surface area contributed by atoms with Crippen molar-refractivity contribution in [1.82, 2.24) is 0 Å². The molecule has 0 saturated heterocycles. The van der Waals surface area contributed by atoms with Gasteiger partial charge in [-0.05, 0) is 12.1 Å². The van der Waals surface area contributed by atoms with Crippen molar-refractivity contribution in [2.24, 2.45) is 0 Å². The monoisotopic (exact) mass is 336 g/mol. The Hall–Kier alpha value is -0.0600. The number of carbonyl (C=O) groups excluding carboxylic acids is 1. The van der Waals surface area contributed by atoms with E-state index in [1.54, 1.807) is 12.1 Å². The van der Waals surface area contributed by atoms with Gasteiger partial charge in [0, 0.05) is 0 Å². The van der Waals surface area contributed by atoms with E-state index in [4.69, 9.17) is 62.7 Å². The molecule has 8 heteroatoms. The number of para-hydroxylation sites is 1. The molecule has 0 saturated carbocycles. The molecule has 0 heterocycles. The lowest BCUT2D eigenvalue weighted by Gasteiger charge is -2.17. The van der Waals surface area contributed by atoms with E-state index in [9.17, 15) is 4.79 Å². The molecule has 3 nitrogen and oxygen atoms in total. The van der Waals surface area contributed by atoms with Crippen LogP contribution in [-0.2, 0) is 4.74 Å². The Kier molecular flexibility index (Phi) is 5.48. The van der Waals surface area contributed by atoms with Crippen molar-refractivity contribution < 1.29 is 14.3 Å². The second-order valence-corrected chi connectivity index (χ2v) is 5.93. The van der Waals surface area contributed by atoms with Gasteiger partial charge in [-0.1, -0.05) is 70.1 Å². The van der Waals surface area contributed by atoms with Gasteiger partial charge in [0.2, 0.25) is 9.36 Å². The minimum Gasteiger partial charge on any atom is -0.410 e. The van der Waals surface area contributed by atoms with E-state index in [1.165, 1.54) is 12.1 Å². The van der Waals surface area contributed by atoms with Gasteiger partial charge in [-0.25, -0.2) is 4.79 Å². The molecule has 0 radical (unpaired) electrons. The lowest BCUT2D eigenvalue weighted by atomic mass is 10.3. The standard InChI is InChI=1S/C9H5Cl5O3/c10-5-3-1-2-4-6(5)16-8(15)17-7(11)9(12,13)14/h1-4,7H. The fourth-order valence-electron chi connectivity index (χ4n) is 0.793. The van der Waals surface area contributed by atoms with Crippen molar-refractivity contribution >= 4 is 64.2 Å². The Bertz CT molecular complexity index is 404. The third-order valence-electron chi connectivity index (χ3n) is 1.49. The summed E-state index contributed by atoms with van der Waals surface area (Å²) in [5.74, 6) is 0.118. The zero-order valence-corrected chi connectivity index (χ0v) is 11.8. The van der Waals surface area contributed by atoms with Crippen LogP contribution in [0.4, 0.5) is 4.79 Å². The van der Waals surface area contributed by atoms with Crippen LogP contribution in [0.25, 0.3) is 0 Å². The molecule has 1 unspecified atom stereocenters. The lowest BCUT2D eigenvalue weighted by Crippen LogP contribution is -2.27. The van der Waals surface area contributed by atoms with Crippen LogP contribution >= 0.6 is 58.0 Å². The van der Waals surface area contributed by atoms with E-state index >= 15 is 0 Å². The average Bonchev–Trinajstić information content (AvgIpc) is 2.20. The molecule has 0 bridgehead atoms. The third-order valence-corrected chi connectivity index (χ3v) is 3.15. The van der Waals surface area contributed by atoms with Crippen molar-refractivity contribution in [2.75, 3.05) is 0 Å². The van der Waals surface area contributed by atoms with Crippen LogP contribution in [0.1, 0.15) is 0 Å². The highest BCUT2D eigenvalue weighted by molar-refractivity contribution is 6.70. The molecule has 0 spiro atoms. The fourth-order valence-corrected chi connectivity index (χ4v) is 1.17. The molecular formula is C9H5Cl5O3. The Morgan fingerprint density at radius 3 is 2.35 bits per heavy atom. The van der Waals surface area contributed by atoms with Crippen molar-refractivity contribution in [3.05, 3.63) is 29.3 Å². The molecule has 0 aliphatic rings. The van der Waals surface area contributed by atoms with Gasteiger partial charge in [0.1, 0.15) is 0 Å². The van der Waals surface area contributed by atoms with Crippen molar-refractivity contribution in [2.45, 2.75) is 9.36 Å². The van der Waals surface area contributed by atoms with Crippen LogP contribution in [0.2, 0.25) is 5.02 Å². The molecular weight excluding hydrogens is 333 g/mol. The molecule has 1 atom stereocenters. The maximum Gasteiger partial charge on any atom is 0.515 e. The molecule has 0 N–H and O–H groups in total. The van der Waals surface area contributed by atoms with Gasteiger partial charge in [-0.15, -0.1) is 0 Å². The van der Waals surface area contributed by atoms with Gasteiger partial charge in [0.25, 0.3) is 0 Å². The van der Waals surface area contributed by atoms with E-state index in [1.807, 2.05) is 0 Å². The van der Waals surface area contributed by atoms with Crippen molar-refractivity contribution in [3.8, 4) is 5.75 Å². The van der Waals surface area contributed by atoms with Gasteiger partial charge >= 0.3 is 6.16 Å². The van der Waals surface area contributed by atoms with Crippen LogP contribution < -0.4 is 4.74 Å². The summed E-state index contributed by atoms with van der Waals surface area (Å²) in [4.78, 5) is 11.3. The van der Waals surface area contributed by atoms with Gasteiger partial charge in [-0.3, -0.25) is 0 Å². The second-order valence-electron chi connectivity index (χ2n) is 2.76. The molecule has 0 amide bonds. The molecule has 17 heavy (non-hydrogen) atoms. The number of benzene rings is 1. The maximum absolute atomic E-state index is 11.3. The number of alkyl halides is 4. The molecule has 1 aromatic carbocycles. The molecule has 94 valence electrons. The average molecular weight is 338 g/mol. The fraction of sp³-hybridized carbons (Fsp3) is 0.222. The molecule has 1 aromatic rings. The summed E-state index contributed by atoms with van der Waals surface area (Å²) >= 11 is 27.5. The van der Waals surface area contributed by atoms with Crippen LogP contribution in [-0.4, -0.2) is 15.5 Å². The lowest BCUT2D eigenvalue weighted by molar-refractivity contribution is 0.0882. The van der Waals surface area contributed by atoms with Crippen LogP contribution in [0, 0.1) is 0 Å². The minimum absolute atomic E-state index is 0.118. The van der Waals surface area contributed by atoms with Gasteiger partial charge < -0.3 is 9.47 Å². The Balaban J connectivity index is 2.60. The predicted molar refractivity (Wildman–Crippen MR) is 68.5 cm³/mol. The van der Waals surface area contributed by atoms with Crippen LogP contribution in [0.3, 0.4) is 0 Å². The van der Waals surface area contributed by atoms with E-state index in [0.717, 1.165) is 0 Å². The smallest absolute Gasteiger partial charge is 0.410 e. The summed E-state index contributed by atoms with van der Waals surface area (Å²) in [7, 11) is 0. The maximum atomic E-state index is 11.3. The molecule has 0 fully saturated rings. The van der Waals surface area contributed by atoms with Crippen molar-refractivity contribution in [3.63, 3.8) is 0 Å². The number of carbonyl (C=O) groups is 1. The van der Waals surface area contributed by atoms with Crippen LogP contribution in [0.5, 0.6) is 5.75 Å². The first-order valence-electron chi connectivity index (χ1n) is 4.14. The van der Waals surface area contributed by atoms with E-state index in [0.29, 0.717) is 0 Å². The first-order chi connectivity index (χ1) is 7.80. The minimum atomic E-state index is -1.94. The molecule has 0 aliphatic heterocycles. The predicted octanol–water partition coefficient (Wildman–Crippen LogP) is 4.79. The third kappa shape index (κ3) is 4.98. The molecule has 1 rings (SSSR count). The summed E-state index contributed by atoms with van der Waals surface area (Å²) in [6, 6.07) is 6.31. The summed E-state index contributed by atoms with van der Waals surface area (Å²) in [5.41, 5.74) is -1.47. The van der Waals surface area contributed by atoms with Crippen LogP contribution in [0.15, 0.2) is 24.3 Å². The zero-order chi connectivity index (χ0) is 13.1. The summed E-state index contributed by atoms with van der Waals surface area (Å²) in [5, 5.41) is 0.240. The van der Waals surface area contributed by atoms with Gasteiger partial charge in [0.15, 0.2) is 5.75 Å². The number of hydrogen-bond donors (Lipinski definition) is 0. The summed E-state index contributed by atoms with van der Waals surface area (Å²) < 4.78 is 7.34. The Labute approximate surface area is 122 Å². The first-order valence-corrected chi connectivity index (χ1v) is 6.09. The van der Waals surface area contributed by atoms with Gasteiger partial charge in [-0.2, -0.15) is 0 Å². The van der Waals surface area contributed by atoms with Gasteiger partial charge in [0.05, 0.1) is 5.02 Å². The molecule has 0 aliphatic carbocycles. The summed E-state index contributed by atoms with van der Waals surface area (Å²) in [6.45, 7) is 0. The van der Waals surface area contributed by atoms with Crippen molar-refractivity contribution in [1.29, 1.82) is 0 Å². The Morgan fingerprint density at radius 2 is 1.82 bits per heavy atom. The normalized spacial score (nSPS) is 13.0.